The molecule has 0 saturated heterocycles. The van der Waals surface area contributed by atoms with E-state index in [1.807, 2.05) is 47.0 Å². The van der Waals surface area contributed by atoms with Crippen molar-refractivity contribution in [1.29, 1.82) is 0 Å². The number of hydrogen-bond donors (Lipinski definition) is 2. The minimum atomic E-state index is -0.511. The highest BCUT2D eigenvalue weighted by atomic mass is 16.2. The van der Waals surface area contributed by atoms with E-state index in [-0.39, 0.29) is 12.5 Å². The molecule has 7 nitrogen and oxygen atoms in total. The van der Waals surface area contributed by atoms with Crippen molar-refractivity contribution < 1.29 is 9.59 Å². The number of para-hydroxylation sites is 2. The molecule has 28 heavy (non-hydrogen) atoms. The number of benzene rings is 2. The minimum Gasteiger partial charge on any atom is -0.366 e. The molecule has 138 valence electrons. The van der Waals surface area contributed by atoms with Crippen LogP contribution in [0.5, 0.6) is 0 Å². The van der Waals surface area contributed by atoms with E-state index in [0.29, 0.717) is 22.8 Å². The van der Waals surface area contributed by atoms with E-state index in [2.05, 4.69) is 15.3 Å². The normalized spacial score (nSPS) is 10.7. The second kappa shape index (κ2) is 7.32. The van der Waals surface area contributed by atoms with E-state index in [1.54, 1.807) is 30.5 Å². The number of aromatic nitrogens is 3. The van der Waals surface area contributed by atoms with Crippen LogP contribution in [0, 0.1) is 0 Å². The van der Waals surface area contributed by atoms with Crippen LogP contribution in [-0.4, -0.2) is 26.3 Å². The van der Waals surface area contributed by atoms with Crippen molar-refractivity contribution in [3.63, 3.8) is 0 Å². The molecule has 0 atom stereocenters. The maximum absolute atomic E-state index is 12.7. The first-order valence-corrected chi connectivity index (χ1v) is 8.68. The Morgan fingerprint density at radius 2 is 1.71 bits per heavy atom. The van der Waals surface area contributed by atoms with Crippen molar-refractivity contribution in [2.75, 3.05) is 5.32 Å². The smallest absolute Gasteiger partial charge is 0.248 e. The van der Waals surface area contributed by atoms with Crippen LogP contribution in [0.25, 0.3) is 22.6 Å². The molecule has 0 fully saturated rings. The number of carbonyl (C=O) groups is 2. The summed E-state index contributed by atoms with van der Waals surface area (Å²) in [6, 6.07) is 19.6. The number of imidazole rings is 1. The summed E-state index contributed by atoms with van der Waals surface area (Å²) in [6.45, 7) is 0.0734. The van der Waals surface area contributed by atoms with Crippen molar-refractivity contribution in [1.82, 2.24) is 14.5 Å². The van der Waals surface area contributed by atoms with E-state index in [1.165, 1.54) is 0 Å². The number of carbonyl (C=O) groups excluding carboxylic acids is 2. The zero-order chi connectivity index (χ0) is 19.5. The lowest BCUT2D eigenvalue weighted by molar-refractivity contribution is -0.116. The van der Waals surface area contributed by atoms with Gasteiger partial charge in [-0.15, -0.1) is 0 Å². The summed E-state index contributed by atoms with van der Waals surface area (Å²) in [5.41, 5.74) is 8.54. The number of amides is 2. The maximum Gasteiger partial charge on any atom is 0.248 e. The first-order chi connectivity index (χ1) is 13.6. The Labute approximate surface area is 160 Å². The largest absolute Gasteiger partial charge is 0.366 e. The van der Waals surface area contributed by atoms with Gasteiger partial charge in [-0.05, 0) is 48.5 Å². The Morgan fingerprint density at radius 1 is 0.964 bits per heavy atom. The molecule has 7 heteroatoms. The molecule has 2 aromatic carbocycles. The molecular weight excluding hydrogens is 354 g/mol. The van der Waals surface area contributed by atoms with Gasteiger partial charge >= 0.3 is 0 Å². The number of nitrogens with two attached hydrogens (primary N) is 1. The van der Waals surface area contributed by atoms with Gasteiger partial charge in [0.1, 0.15) is 12.2 Å². The molecule has 0 spiro atoms. The topological polar surface area (TPSA) is 103 Å². The Bertz CT molecular complexity index is 1150. The summed E-state index contributed by atoms with van der Waals surface area (Å²) >= 11 is 0. The van der Waals surface area contributed by atoms with E-state index in [0.717, 1.165) is 11.0 Å². The fraction of sp³-hybridized carbons (Fsp3) is 0.0476. The first-order valence-electron chi connectivity index (χ1n) is 8.68. The fourth-order valence-corrected chi connectivity index (χ4v) is 2.99. The van der Waals surface area contributed by atoms with Gasteiger partial charge in [0.15, 0.2) is 5.82 Å². The van der Waals surface area contributed by atoms with Crippen molar-refractivity contribution >= 4 is 28.5 Å². The van der Waals surface area contributed by atoms with Crippen LogP contribution in [0.2, 0.25) is 0 Å². The Balaban J connectivity index is 1.63. The van der Waals surface area contributed by atoms with Gasteiger partial charge < -0.3 is 15.6 Å². The highest BCUT2D eigenvalue weighted by Gasteiger charge is 2.16. The van der Waals surface area contributed by atoms with Crippen LogP contribution in [0.15, 0.2) is 72.9 Å². The molecule has 0 saturated carbocycles. The van der Waals surface area contributed by atoms with Crippen LogP contribution in [0.4, 0.5) is 5.69 Å². The number of primary amides is 1. The van der Waals surface area contributed by atoms with Crippen LogP contribution in [0.3, 0.4) is 0 Å². The molecule has 2 aromatic heterocycles. The molecule has 0 radical (unpaired) electrons. The number of nitrogens with zero attached hydrogens (tertiary/aromatic N) is 3. The van der Waals surface area contributed by atoms with E-state index in [4.69, 9.17) is 5.73 Å². The van der Waals surface area contributed by atoms with Crippen molar-refractivity contribution in [2.45, 2.75) is 6.54 Å². The van der Waals surface area contributed by atoms with E-state index >= 15 is 0 Å². The fourth-order valence-electron chi connectivity index (χ4n) is 2.99. The molecule has 0 aliphatic carbocycles. The number of hydrogen-bond acceptors (Lipinski definition) is 4. The van der Waals surface area contributed by atoms with E-state index in [9.17, 15) is 9.59 Å². The van der Waals surface area contributed by atoms with Gasteiger partial charge in [0, 0.05) is 17.4 Å². The van der Waals surface area contributed by atoms with E-state index < -0.39 is 5.91 Å². The van der Waals surface area contributed by atoms with Gasteiger partial charge in [0.2, 0.25) is 11.8 Å². The zero-order valence-corrected chi connectivity index (χ0v) is 14.9. The first kappa shape index (κ1) is 17.4. The second-order valence-electron chi connectivity index (χ2n) is 6.22. The minimum absolute atomic E-state index is 0.0734. The summed E-state index contributed by atoms with van der Waals surface area (Å²) in [5, 5.41) is 2.83. The average molecular weight is 371 g/mol. The number of rotatable bonds is 5. The lowest BCUT2D eigenvalue weighted by Crippen LogP contribution is -2.19. The summed E-state index contributed by atoms with van der Waals surface area (Å²) in [6.07, 6.45) is 1.69. The quantitative estimate of drug-likeness (QED) is 0.563. The van der Waals surface area contributed by atoms with Crippen molar-refractivity contribution in [2.24, 2.45) is 5.73 Å². The third-order valence-corrected chi connectivity index (χ3v) is 4.30. The molecule has 2 heterocycles. The molecule has 0 aliphatic rings. The number of anilines is 1. The summed E-state index contributed by atoms with van der Waals surface area (Å²) in [5.74, 6) is -0.101. The van der Waals surface area contributed by atoms with Gasteiger partial charge in [-0.25, -0.2) is 4.98 Å². The Kier molecular flexibility index (Phi) is 4.55. The summed E-state index contributed by atoms with van der Waals surface area (Å²) < 4.78 is 1.84. The molecule has 0 aliphatic heterocycles. The lowest BCUT2D eigenvalue weighted by atomic mass is 10.2. The lowest BCUT2D eigenvalue weighted by Gasteiger charge is -2.10. The van der Waals surface area contributed by atoms with Crippen LogP contribution < -0.4 is 11.1 Å². The molecule has 4 rings (SSSR count). The predicted molar refractivity (Wildman–Crippen MR) is 107 cm³/mol. The summed E-state index contributed by atoms with van der Waals surface area (Å²) in [4.78, 5) is 32.8. The van der Waals surface area contributed by atoms with Crippen molar-refractivity contribution in [3.8, 4) is 11.5 Å². The van der Waals surface area contributed by atoms with Crippen LogP contribution in [0.1, 0.15) is 10.4 Å². The van der Waals surface area contributed by atoms with Gasteiger partial charge in [-0.1, -0.05) is 18.2 Å². The zero-order valence-electron chi connectivity index (χ0n) is 14.9. The highest BCUT2D eigenvalue weighted by molar-refractivity contribution is 5.95. The Morgan fingerprint density at radius 3 is 2.43 bits per heavy atom. The monoisotopic (exact) mass is 371 g/mol. The Hall–Kier alpha value is -4.00. The molecule has 4 aromatic rings. The molecule has 0 unspecified atom stereocenters. The van der Waals surface area contributed by atoms with Gasteiger partial charge in [0.25, 0.3) is 0 Å². The maximum atomic E-state index is 12.7. The third kappa shape index (κ3) is 3.45. The standard InChI is InChI=1S/C21H17N5O2/c22-20(28)14-8-10-15(11-9-14)24-19(27)13-26-18-7-2-1-5-16(18)25-21(26)17-6-3-4-12-23-17/h1-12H,13H2,(H2,22,28)(H,24,27). The SMILES string of the molecule is NC(=O)c1ccc(NC(=O)Cn2c(-c3ccccn3)nc3ccccc32)cc1. The van der Waals surface area contributed by atoms with Crippen molar-refractivity contribution in [3.05, 3.63) is 78.5 Å². The van der Waals surface area contributed by atoms with Gasteiger partial charge in [-0.3, -0.25) is 14.6 Å². The van der Waals surface area contributed by atoms with Crippen LogP contribution in [-0.2, 0) is 11.3 Å². The predicted octanol–water partition coefficient (Wildman–Crippen LogP) is 2.84. The second-order valence-corrected chi connectivity index (χ2v) is 6.22. The average Bonchev–Trinajstić information content (AvgIpc) is 3.07. The molecule has 2 amide bonds. The molecule has 0 bridgehead atoms. The number of fused-ring (bicyclic) bond motifs is 1. The van der Waals surface area contributed by atoms with Crippen LogP contribution >= 0.6 is 0 Å². The number of nitrogens with one attached hydrogen (secondary N) is 1. The third-order valence-electron chi connectivity index (χ3n) is 4.30. The van der Waals surface area contributed by atoms with Gasteiger partial charge in [0.05, 0.1) is 11.0 Å². The number of pyridine rings is 1. The molecular formula is C21H17N5O2. The van der Waals surface area contributed by atoms with Gasteiger partial charge in [-0.2, -0.15) is 0 Å². The summed E-state index contributed by atoms with van der Waals surface area (Å²) in [7, 11) is 0. The molecule has 3 N–H and O–H groups in total. The highest BCUT2D eigenvalue weighted by Crippen LogP contribution is 2.23.